The van der Waals surface area contributed by atoms with E-state index in [-0.39, 0.29) is 11.4 Å². The summed E-state index contributed by atoms with van der Waals surface area (Å²) in [6.45, 7) is 7.04. The molecule has 0 unspecified atom stereocenters. The summed E-state index contributed by atoms with van der Waals surface area (Å²) in [5.74, 6) is -0.0310. The quantitative estimate of drug-likeness (QED) is 0.741. The van der Waals surface area contributed by atoms with E-state index < -0.39 is 0 Å². The van der Waals surface area contributed by atoms with E-state index in [1.54, 1.807) is 0 Å². The van der Waals surface area contributed by atoms with Crippen molar-refractivity contribution in [1.29, 1.82) is 0 Å². The van der Waals surface area contributed by atoms with E-state index in [9.17, 15) is 4.79 Å². The summed E-state index contributed by atoms with van der Waals surface area (Å²) in [7, 11) is 0. The van der Waals surface area contributed by atoms with Gasteiger partial charge in [0.05, 0.1) is 6.54 Å². The summed E-state index contributed by atoms with van der Waals surface area (Å²) in [5.41, 5.74) is 7.43. The van der Waals surface area contributed by atoms with E-state index in [0.717, 1.165) is 12.1 Å². The second-order valence-corrected chi connectivity index (χ2v) is 5.39. The molecule has 0 aromatic heterocycles. The third-order valence-corrected chi connectivity index (χ3v) is 2.45. The molecule has 0 heterocycles. The molecule has 4 heteroatoms. The number of rotatable bonds is 5. The first-order chi connectivity index (χ1) is 8.40. The van der Waals surface area contributed by atoms with E-state index in [1.165, 1.54) is 5.56 Å². The third kappa shape index (κ3) is 5.80. The van der Waals surface area contributed by atoms with Gasteiger partial charge in [-0.1, -0.05) is 12.1 Å². The molecule has 1 aromatic rings. The van der Waals surface area contributed by atoms with Gasteiger partial charge in [-0.3, -0.25) is 4.79 Å². The smallest absolute Gasteiger partial charge is 0.238 e. The van der Waals surface area contributed by atoms with Crippen LogP contribution >= 0.6 is 0 Å². The zero-order valence-electron chi connectivity index (χ0n) is 11.4. The van der Waals surface area contributed by atoms with Crippen molar-refractivity contribution in [2.24, 2.45) is 5.73 Å². The molecule has 0 aliphatic heterocycles. The molecule has 100 valence electrons. The highest BCUT2D eigenvalue weighted by atomic mass is 16.1. The average Bonchev–Trinajstić information content (AvgIpc) is 2.29. The first kappa shape index (κ1) is 14.7. The number of amides is 1. The van der Waals surface area contributed by atoms with Crippen molar-refractivity contribution in [1.82, 2.24) is 5.32 Å². The molecule has 0 aliphatic rings. The fourth-order valence-corrected chi connectivity index (χ4v) is 1.47. The topological polar surface area (TPSA) is 67.2 Å². The van der Waals surface area contributed by atoms with Gasteiger partial charge < -0.3 is 16.4 Å². The van der Waals surface area contributed by atoms with Crippen molar-refractivity contribution in [2.45, 2.75) is 32.7 Å². The summed E-state index contributed by atoms with van der Waals surface area (Å²) in [5, 5.41) is 6.00. The van der Waals surface area contributed by atoms with Crippen molar-refractivity contribution < 1.29 is 4.79 Å². The van der Waals surface area contributed by atoms with Gasteiger partial charge in [0.15, 0.2) is 0 Å². The monoisotopic (exact) mass is 249 g/mol. The summed E-state index contributed by atoms with van der Waals surface area (Å²) in [6.07, 6.45) is 0.861. The third-order valence-electron chi connectivity index (χ3n) is 2.45. The van der Waals surface area contributed by atoms with E-state index >= 15 is 0 Å². The molecule has 0 spiro atoms. The van der Waals surface area contributed by atoms with Gasteiger partial charge in [-0.25, -0.2) is 0 Å². The highest BCUT2D eigenvalue weighted by molar-refractivity contribution is 5.92. The first-order valence-corrected chi connectivity index (χ1v) is 6.24. The average molecular weight is 249 g/mol. The van der Waals surface area contributed by atoms with Gasteiger partial charge in [-0.05, 0) is 51.4 Å². The van der Waals surface area contributed by atoms with Gasteiger partial charge in [0.25, 0.3) is 0 Å². The largest absolute Gasteiger partial charge is 0.330 e. The Labute approximate surface area is 109 Å². The van der Waals surface area contributed by atoms with Crippen LogP contribution in [0.2, 0.25) is 0 Å². The lowest BCUT2D eigenvalue weighted by Gasteiger charge is -2.20. The number of carbonyl (C=O) groups excluding carboxylic acids is 1. The fraction of sp³-hybridized carbons (Fsp3) is 0.500. The van der Waals surface area contributed by atoms with Gasteiger partial charge in [0.1, 0.15) is 0 Å². The van der Waals surface area contributed by atoms with Crippen LogP contribution in [0.1, 0.15) is 26.3 Å². The Bertz CT molecular complexity index is 379. The second kappa shape index (κ2) is 6.52. The molecule has 0 saturated heterocycles. The summed E-state index contributed by atoms with van der Waals surface area (Å²) in [4.78, 5) is 11.7. The predicted octanol–water partition coefficient (Wildman–Crippen LogP) is 1.51. The van der Waals surface area contributed by atoms with Crippen LogP contribution in [0.15, 0.2) is 24.3 Å². The van der Waals surface area contributed by atoms with Crippen molar-refractivity contribution in [2.75, 3.05) is 18.4 Å². The number of nitrogens with two attached hydrogens (primary N) is 1. The lowest BCUT2D eigenvalue weighted by Crippen LogP contribution is -2.41. The number of hydrogen-bond acceptors (Lipinski definition) is 3. The Kier molecular flexibility index (Phi) is 5.31. The normalized spacial score (nSPS) is 11.3. The molecule has 1 amide bonds. The van der Waals surface area contributed by atoms with Crippen molar-refractivity contribution in [3.63, 3.8) is 0 Å². The second-order valence-electron chi connectivity index (χ2n) is 5.39. The molecule has 0 saturated carbocycles. The van der Waals surface area contributed by atoms with Crippen molar-refractivity contribution in [3.05, 3.63) is 29.8 Å². The van der Waals surface area contributed by atoms with Crippen LogP contribution in [-0.4, -0.2) is 24.5 Å². The molecule has 0 bridgehead atoms. The highest BCUT2D eigenvalue weighted by Gasteiger charge is 2.11. The summed E-state index contributed by atoms with van der Waals surface area (Å²) in [6, 6.07) is 7.78. The van der Waals surface area contributed by atoms with Gasteiger partial charge >= 0.3 is 0 Å². The Balaban J connectivity index is 2.44. The maximum absolute atomic E-state index is 11.7. The van der Waals surface area contributed by atoms with E-state index in [0.29, 0.717) is 13.1 Å². The number of anilines is 1. The van der Waals surface area contributed by atoms with Gasteiger partial charge in [-0.15, -0.1) is 0 Å². The minimum Gasteiger partial charge on any atom is -0.330 e. The Morgan fingerprint density at radius 3 is 2.33 bits per heavy atom. The number of nitrogens with one attached hydrogen (secondary N) is 2. The summed E-state index contributed by atoms with van der Waals surface area (Å²) >= 11 is 0. The fourth-order valence-electron chi connectivity index (χ4n) is 1.47. The molecule has 0 atom stereocenters. The van der Waals surface area contributed by atoms with Gasteiger partial charge in [0.2, 0.25) is 5.91 Å². The molecule has 1 rings (SSSR count). The van der Waals surface area contributed by atoms with E-state index in [4.69, 9.17) is 5.73 Å². The Morgan fingerprint density at radius 2 is 1.83 bits per heavy atom. The van der Waals surface area contributed by atoms with Crippen LogP contribution in [0.5, 0.6) is 0 Å². The molecule has 0 fully saturated rings. The molecular formula is C14H23N3O. The standard InChI is InChI=1S/C14H23N3O/c1-14(2,3)16-10-13(18)17-12-6-4-11(5-7-12)8-9-15/h4-7,16H,8-10,15H2,1-3H3,(H,17,18). The SMILES string of the molecule is CC(C)(C)NCC(=O)Nc1ccc(CCN)cc1. The van der Waals surface area contributed by atoms with Gasteiger partial charge in [-0.2, -0.15) is 0 Å². The van der Waals surface area contributed by atoms with Crippen LogP contribution in [-0.2, 0) is 11.2 Å². The lowest BCUT2D eigenvalue weighted by molar-refractivity contribution is -0.115. The van der Waals surface area contributed by atoms with Crippen LogP contribution in [0.3, 0.4) is 0 Å². The summed E-state index contributed by atoms with van der Waals surface area (Å²) < 4.78 is 0. The molecule has 18 heavy (non-hydrogen) atoms. The van der Waals surface area contributed by atoms with Crippen LogP contribution in [0, 0.1) is 0 Å². The molecule has 4 nitrogen and oxygen atoms in total. The predicted molar refractivity (Wildman–Crippen MR) is 75.6 cm³/mol. The first-order valence-electron chi connectivity index (χ1n) is 6.24. The maximum Gasteiger partial charge on any atom is 0.238 e. The molecule has 4 N–H and O–H groups in total. The van der Waals surface area contributed by atoms with Gasteiger partial charge in [0, 0.05) is 11.2 Å². The molecule has 0 radical (unpaired) electrons. The molecular weight excluding hydrogens is 226 g/mol. The molecule has 0 aliphatic carbocycles. The van der Waals surface area contributed by atoms with E-state index in [1.807, 2.05) is 45.0 Å². The molecule has 1 aromatic carbocycles. The van der Waals surface area contributed by atoms with Crippen molar-refractivity contribution >= 4 is 11.6 Å². The lowest BCUT2D eigenvalue weighted by atomic mass is 10.1. The maximum atomic E-state index is 11.7. The zero-order valence-corrected chi connectivity index (χ0v) is 11.4. The minimum atomic E-state index is -0.0533. The Morgan fingerprint density at radius 1 is 1.22 bits per heavy atom. The van der Waals surface area contributed by atoms with Crippen molar-refractivity contribution in [3.8, 4) is 0 Å². The number of carbonyl (C=O) groups is 1. The minimum absolute atomic E-state index is 0.0310. The van der Waals surface area contributed by atoms with Crippen LogP contribution in [0.25, 0.3) is 0 Å². The zero-order chi connectivity index (χ0) is 13.6. The Hall–Kier alpha value is -1.39. The van der Waals surface area contributed by atoms with Crippen LogP contribution in [0.4, 0.5) is 5.69 Å². The number of benzene rings is 1. The number of hydrogen-bond donors (Lipinski definition) is 3. The highest BCUT2D eigenvalue weighted by Crippen LogP contribution is 2.09. The van der Waals surface area contributed by atoms with E-state index in [2.05, 4.69) is 10.6 Å². The van der Waals surface area contributed by atoms with Crippen LogP contribution < -0.4 is 16.4 Å².